The second-order valence-electron chi connectivity index (χ2n) is 6.40. The van der Waals surface area contributed by atoms with Crippen LogP contribution in [0.4, 0.5) is 24.7 Å². The van der Waals surface area contributed by atoms with E-state index >= 15 is 0 Å². The highest BCUT2D eigenvalue weighted by Gasteiger charge is 2.38. The highest BCUT2D eigenvalue weighted by atomic mass is 35.5. The number of methoxy groups -OCH3 is 2. The average molecular weight is 456 g/mol. The highest BCUT2D eigenvalue weighted by Crippen LogP contribution is 2.44. The summed E-state index contributed by atoms with van der Waals surface area (Å²) < 4.78 is 42.5. The summed E-state index contributed by atoms with van der Waals surface area (Å²) in [6.45, 7) is 0. The second kappa shape index (κ2) is 8.76. The number of benzene rings is 2. The molecule has 1 aliphatic rings. The van der Waals surface area contributed by atoms with Crippen molar-refractivity contribution < 1.29 is 32.5 Å². The van der Waals surface area contributed by atoms with Crippen molar-refractivity contribution in [2.45, 2.75) is 12.6 Å². The number of ether oxygens (including phenoxy) is 2. The zero-order valence-electron chi connectivity index (χ0n) is 16.3. The molecule has 0 unspecified atom stereocenters. The van der Waals surface area contributed by atoms with Crippen molar-refractivity contribution in [1.82, 2.24) is 10.2 Å². The highest BCUT2D eigenvalue weighted by molar-refractivity contribution is 6.30. The Kier molecular flexibility index (Phi) is 6.30. The van der Waals surface area contributed by atoms with E-state index < -0.39 is 12.1 Å². The van der Waals surface area contributed by atoms with Crippen LogP contribution in [0.1, 0.15) is 11.1 Å². The lowest BCUT2D eigenvalue weighted by molar-refractivity contribution is -0.192. The fraction of sp³-hybridized carbons (Fsp3) is 0.200. The van der Waals surface area contributed by atoms with Crippen LogP contribution in [0.5, 0.6) is 11.5 Å². The summed E-state index contributed by atoms with van der Waals surface area (Å²) in [6.07, 6.45) is -4.29. The third-order valence-electron chi connectivity index (χ3n) is 4.46. The number of carboxylic acid groups (broad SMARTS) is 1. The topological polar surface area (TPSA) is 96.5 Å². The van der Waals surface area contributed by atoms with Crippen molar-refractivity contribution in [2.24, 2.45) is 0 Å². The number of aliphatic carboxylic acids is 1. The van der Waals surface area contributed by atoms with E-state index in [1.807, 2.05) is 36.4 Å². The molecule has 1 aliphatic carbocycles. The number of nitrogens with zero attached hydrogens (tertiary/aromatic N) is 1. The molecule has 0 spiro atoms. The monoisotopic (exact) mass is 455 g/mol. The van der Waals surface area contributed by atoms with Gasteiger partial charge in [-0.1, -0.05) is 11.6 Å². The molecule has 0 bridgehead atoms. The van der Waals surface area contributed by atoms with Crippen LogP contribution in [-0.4, -0.2) is 41.7 Å². The minimum absolute atomic E-state index is 0.708. The maximum Gasteiger partial charge on any atom is 0.490 e. The number of aromatic nitrogens is 2. The van der Waals surface area contributed by atoms with Crippen LogP contribution in [-0.2, 0) is 11.2 Å². The van der Waals surface area contributed by atoms with Gasteiger partial charge >= 0.3 is 12.1 Å². The van der Waals surface area contributed by atoms with Gasteiger partial charge in [-0.3, -0.25) is 5.10 Å². The fourth-order valence-electron chi connectivity index (χ4n) is 3.02. The molecule has 0 amide bonds. The van der Waals surface area contributed by atoms with Gasteiger partial charge in [0.05, 0.1) is 19.9 Å². The Balaban J connectivity index is 0.000000339. The lowest BCUT2D eigenvalue weighted by Gasteiger charge is -2.10. The predicted octanol–water partition coefficient (Wildman–Crippen LogP) is 5.03. The van der Waals surface area contributed by atoms with Crippen LogP contribution in [0.3, 0.4) is 0 Å². The molecule has 0 aliphatic heterocycles. The van der Waals surface area contributed by atoms with E-state index in [0.29, 0.717) is 10.8 Å². The molecule has 2 aromatic carbocycles. The van der Waals surface area contributed by atoms with Gasteiger partial charge < -0.3 is 19.9 Å². The van der Waals surface area contributed by atoms with Crippen molar-refractivity contribution in [3.63, 3.8) is 0 Å². The molecule has 0 radical (unpaired) electrons. The number of anilines is 2. The lowest BCUT2D eigenvalue weighted by Crippen LogP contribution is -2.21. The number of hydrogen-bond acceptors (Lipinski definition) is 5. The van der Waals surface area contributed by atoms with Gasteiger partial charge in [0, 0.05) is 28.3 Å². The minimum Gasteiger partial charge on any atom is -0.493 e. The third kappa shape index (κ3) is 4.85. The van der Waals surface area contributed by atoms with Gasteiger partial charge in [0.25, 0.3) is 0 Å². The van der Waals surface area contributed by atoms with Crippen LogP contribution in [0.2, 0.25) is 5.02 Å². The Morgan fingerprint density at radius 3 is 2.29 bits per heavy atom. The quantitative estimate of drug-likeness (QED) is 0.399. The molecular formula is C20H17ClF3N3O4. The van der Waals surface area contributed by atoms with Crippen LogP contribution < -0.4 is 14.8 Å². The molecule has 3 N–H and O–H groups in total. The summed E-state index contributed by atoms with van der Waals surface area (Å²) in [5.74, 6) is -0.485. The Morgan fingerprint density at radius 2 is 1.74 bits per heavy atom. The first-order chi connectivity index (χ1) is 14.6. The van der Waals surface area contributed by atoms with Gasteiger partial charge in [0.1, 0.15) is 0 Å². The molecule has 0 fully saturated rings. The number of carbonyl (C=O) groups is 1. The van der Waals surface area contributed by atoms with Crippen molar-refractivity contribution in [3.05, 3.63) is 52.5 Å². The van der Waals surface area contributed by atoms with Gasteiger partial charge in [-0.05, 0) is 42.0 Å². The molecule has 0 saturated carbocycles. The Labute approximate surface area is 179 Å². The van der Waals surface area contributed by atoms with E-state index in [0.717, 1.165) is 40.5 Å². The first-order valence-electron chi connectivity index (χ1n) is 8.79. The number of halogens is 4. The smallest absolute Gasteiger partial charge is 0.490 e. The minimum atomic E-state index is -5.08. The number of alkyl halides is 3. The maximum atomic E-state index is 10.6. The van der Waals surface area contributed by atoms with E-state index in [-0.39, 0.29) is 0 Å². The standard InChI is InChI=1S/C18H16ClN3O2.C2HF3O2/c1-23-15-8-10-7-14-17(13(10)9-16(15)24-2)21-22-18(14)20-12-5-3-11(19)4-6-12;3-2(4,5)1(6)7/h3-6,8-9H,7H2,1-2H3,(H2,20,21,22);(H,6,7). The summed E-state index contributed by atoms with van der Waals surface area (Å²) in [5, 5.41) is 18.7. The normalized spacial score (nSPS) is 11.7. The molecule has 3 aromatic rings. The summed E-state index contributed by atoms with van der Waals surface area (Å²) >= 11 is 5.93. The molecule has 0 saturated heterocycles. The van der Waals surface area contributed by atoms with Gasteiger partial charge in [-0.2, -0.15) is 18.3 Å². The molecule has 7 nitrogen and oxygen atoms in total. The third-order valence-corrected chi connectivity index (χ3v) is 4.71. The molecular weight excluding hydrogens is 439 g/mol. The van der Waals surface area contributed by atoms with Crippen LogP contribution >= 0.6 is 11.6 Å². The SMILES string of the molecule is COc1cc2c(cc1OC)-c1[nH]nc(Nc3ccc(Cl)cc3)c1C2.O=C(O)C(F)(F)F. The second-order valence-corrected chi connectivity index (χ2v) is 6.84. The van der Waals surface area contributed by atoms with Crippen molar-refractivity contribution in [2.75, 3.05) is 19.5 Å². The van der Waals surface area contributed by atoms with Gasteiger partial charge in [-0.15, -0.1) is 0 Å². The summed E-state index contributed by atoms with van der Waals surface area (Å²) in [4.78, 5) is 8.90. The number of fused-ring (bicyclic) bond motifs is 3. The molecule has 4 rings (SSSR count). The Morgan fingerprint density at radius 1 is 1.16 bits per heavy atom. The molecule has 1 aromatic heterocycles. The van der Waals surface area contributed by atoms with Crippen molar-refractivity contribution in [1.29, 1.82) is 0 Å². The predicted molar refractivity (Wildman–Crippen MR) is 108 cm³/mol. The summed E-state index contributed by atoms with van der Waals surface area (Å²) in [6, 6.07) is 11.6. The number of nitrogens with one attached hydrogen (secondary N) is 2. The van der Waals surface area contributed by atoms with E-state index in [1.54, 1.807) is 14.2 Å². The van der Waals surface area contributed by atoms with Gasteiger partial charge in [0.15, 0.2) is 17.3 Å². The number of H-pyrrole nitrogens is 1. The van der Waals surface area contributed by atoms with Crippen molar-refractivity contribution >= 4 is 29.1 Å². The molecule has 0 atom stereocenters. The largest absolute Gasteiger partial charge is 0.493 e. The molecule has 31 heavy (non-hydrogen) atoms. The van der Waals surface area contributed by atoms with Crippen LogP contribution in [0.25, 0.3) is 11.3 Å². The van der Waals surface area contributed by atoms with E-state index in [2.05, 4.69) is 15.5 Å². The molecule has 164 valence electrons. The molecule has 11 heteroatoms. The number of hydrogen-bond donors (Lipinski definition) is 3. The maximum absolute atomic E-state index is 10.6. The van der Waals surface area contributed by atoms with Crippen molar-refractivity contribution in [3.8, 4) is 22.8 Å². The first kappa shape index (κ1) is 22.3. The molecule has 1 heterocycles. The zero-order chi connectivity index (χ0) is 22.8. The summed E-state index contributed by atoms with van der Waals surface area (Å²) in [5.41, 5.74) is 5.38. The Bertz CT molecular complexity index is 1100. The van der Waals surface area contributed by atoms with Crippen LogP contribution in [0, 0.1) is 0 Å². The first-order valence-corrected chi connectivity index (χ1v) is 9.17. The van der Waals surface area contributed by atoms with E-state index in [9.17, 15) is 13.2 Å². The van der Waals surface area contributed by atoms with Crippen LogP contribution in [0.15, 0.2) is 36.4 Å². The number of carboxylic acids is 1. The fourth-order valence-corrected chi connectivity index (χ4v) is 3.15. The summed E-state index contributed by atoms with van der Waals surface area (Å²) in [7, 11) is 3.29. The average Bonchev–Trinajstić information content (AvgIpc) is 3.27. The van der Waals surface area contributed by atoms with Gasteiger partial charge in [-0.25, -0.2) is 4.79 Å². The number of rotatable bonds is 4. The zero-order valence-corrected chi connectivity index (χ0v) is 17.1. The van der Waals surface area contributed by atoms with E-state index in [1.165, 1.54) is 5.56 Å². The number of aromatic amines is 1. The lowest BCUT2D eigenvalue weighted by atomic mass is 10.1. The Hall–Kier alpha value is -3.40. The van der Waals surface area contributed by atoms with E-state index in [4.69, 9.17) is 31.0 Å². The van der Waals surface area contributed by atoms with Gasteiger partial charge in [0.2, 0.25) is 0 Å².